The highest BCUT2D eigenvalue weighted by atomic mass is 15.1. The molecular formula is C64H49N. The van der Waals surface area contributed by atoms with E-state index in [0.717, 1.165) is 17.1 Å². The van der Waals surface area contributed by atoms with Gasteiger partial charge in [-0.2, -0.15) is 0 Å². The minimum atomic E-state index is -0.224. The van der Waals surface area contributed by atoms with Crippen molar-refractivity contribution in [3.8, 4) is 66.8 Å². The summed E-state index contributed by atoms with van der Waals surface area (Å²) in [6.45, 7) is 9.59. The predicted molar refractivity (Wildman–Crippen MR) is 276 cm³/mol. The van der Waals surface area contributed by atoms with Crippen LogP contribution in [-0.2, 0) is 10.8 Å². The van der Waals surface area contributed by atoms with Gasteiger partial charge in [0, 0.05) is 27.8 Å². The standard InChI is InChI=1S/C64H49N/c1-63(2)58-38-47(43-18-9-6-10-19-43)30-34-54(58)56-36-32-49(40-60(56)63)65(62-25-14-13-23-53(62)46-28-26-44(27-29-46)42-16-7-5-8-17-42)50-33-37-57-55-35-31-48(39-59(55)64(3,4)61(57)41-50)52-24-15-21-45-20-11-12-22-51(45)52/h5-41H,1-4H3. The second-order valence-corrected chi connectivity index (χ2v) is 18.9. The fourth-order valence-electron chi connectivity index (χ4n) is 11.0. The number of anilines is 3. The number of para-hydroxylation sites is 1. The molecule has 1 heteroatoms. The minimum absolute atomic E-state index is 0.201. The summed E-state index contributed by atoms with van der Waals surface area (Å²) >= 11 is 0. The predicted octanol–water partition coefficient (Wildman–Crippen LogP) is 17.6. The Morgan fingerprint density at radius 3 is 1.32 bits per heavy atom. The molecule has 0 aromatic heterocycles. The molecule has 1 nitrogen and oxygen atoms in total. The summed E-state index contributed by atoms with van der Waals surface area (Å²) in [7, 11) is 0. The lowest BCUT2D eigenvalue weighted by atomic mass is 9.81. The Balaban J connectivity index is 1.00. The average molecular weight is 832 g/mol. The van der Waals surface area contributed by atoms with Gasteiger partial charge in [-0.3, -0.25) is 0 Å². The Kier molecular flexibility index (Phi) is 8.94. The second-order valence-electron chi connectivity index (χ2n) is 18.9. The van der Waals surface area contributed by atoms with Crippen molar-refractivity contribution >= 4 is 27.8 Å². The van der Waals surface area contributed by atoms with Gasteiger partial charge in [0.1, 0.15) is 0 Å². The van der Waals surface area contributed by atoms with Crippen LogP contribution in [0, 0.1) is 0 Å². The van der Waals surface area contributed by atoms with Crippen LogP contribution >= 0.6 is 0 Å². The van der Waals surface area contributed by atoms with Gasteiger partial charge in [0.15, 0.2) is 0 Å². The number of nitrogens with zero attached hydrogens (tertiary/aromatic N) is 1. The zero-order valence-electron chi connectivity index (χ0n) is 37.3. The molecule has 0 radical (unpaired) electrons. The van der Waals surface area contributed by atoms with Crippen LogP contribution < -0.4 is 4.90 Å². The van der Waals surface area contributed by atoms with Crippen LogP contribution in [-0.4, -0.2) is 0 Å². The lowest BCUT2D eigenvalue weighted by Crippen LogP contribution is -2.18. The average Bonchev–Trinajstić information content (AvgIpc) is 3.72. The van der Waals surface area contributed by atoms with E-state index >= 15 is 0 Å². The lowest BCUT2D eigenvalue weighted by molar-refractivity contribution is 0.660. The largest absolute Gasteiger partial charge is 0.310 e. The fraction of sp³-hybridized carbons (Fsp3) is 0.0938. The zero-order valence-corrected chi connectivity index (χ0v) is 37.3. The van der Waals surface area contributed by atoms with Crippen LogP contribution in [0.1, 0.15) is 49.9 Å². The maximum Gasteiger partial charge on any atom is 0.0540 e. The van der Waals surface area contributed by atoms with E-state index in [2.05, 4.69) is 257 Å². The van der Waals surface area contributed by atoms with Crippen molar-refractivity contribution in [3.63, 3.8) is 0 Å². The Labute approximate surface area is 383 Å². The smallest absolute Gasteiger partial charge is 0.0540 e. The molecule has 2 aliphatic rings. The molecule has 0 fully saturated rings. The molecule has 65 heavy (non-hydrogen) atoms. The molecule has 0 saturated heterocycles. The van der Waals surface area contributed by atoms with E-state index in [-0.39, 0.29) is 10.8 Å². The molecular weight excluding hydrogens is 783 g/mol. The molecule has 10 aromatic carbocycles. The van der Waals surface area contributed by atoms with E-state index in [9.17, 15) is 0 Å². The quantitative estimate of drug-likeness (QED) is 0.155. The minimum Gasteiger partial charge on any atom is -0.310 e. The van der Waals surface area contributed by atoms with Crippen LogP contribution in [0.25, 0.3) is 77.5 Å². The van der Waals surface area contributed by atoms with Gasteiger partial charge in [0.2, 0.25) is 0 Å². The molecule has 0 N–H and O–H groups in total. The van der Waals surface area contributed by atoms with E-state index in [4.69, 9.17) is 0 Å². The van der Waals surface area contributed by atoms with Gasteiger partial charge in [-0.05, 0) is 137 Å². The van der Waals surface area contributed by atoms with Crippen LogP contribution in [0.3, 0.4) is 0 Å². The first-order valence-electron chi connectivity index (χ1n) is 22.9. The van der Waals surface area contributed by atoms with Crippen LogP contribution in [0.5, 0.6) is 0 Å². The van der Waals surface area contributed by atoms with Gasteiger partial charge in [0.05, 0.1) is 5.69 Å². The first kappa shape index (κ1) is 38.9. The fourth-order valence-corrected chi connectivity index (χ4v) is 11.0. The molecule has 0 heterocycles. The third-order valence-electron chi connectivity index (χ3n) is 14.5. The van der Waals surface area contributed by atoms with Crippen LogP contribution in [0.15, 0.2) is 224 Å². The maximum absolute atomic E-state index is 2.51. The van der Waals surface area contributed by atoms with Crippen molar-refractivity contribution in [2.75, 3.05) is 4.90 Å². The van der Waals surface area contributed by atoms with E-state index < -0.39 is 0 Å². The third-order valence-corrected chi connectivity index (χ3v) is 14.5. The number of hydrogen-bond acceptors (Lipinski definition) is 1. The molecule has 0 atom stereocenters. The molecule has 2 aliphatic carbocycles. The molecule has 0 saturated carbocycles. The summed E-state index contributed by atoms with van der Waals surface area (Å²) in [6, 6.07) is 83.3. The Hall–Kier alpha value is -7.74. The van der Waals surface area contributed by atoms with Gasteiger partial charge >= 0.3 is 0 Å². The number of benzene rings is 10. The van der Waals surface area contributed by atoms with Crippen LogP contribution in [0.4, 0.5) is 17.1 Å². The van der Waals surface area contributed by atoms with Crippen molar-refractivity contribution in [1.82, 2.24) is 0 Å². The van der Waals surface area contributed by atoms with Gasteiger partial charge in [-0.1, -0.05) is 210 Å². The molecule has 12 rings (SSSR count). The molecule has 0 spiro atoms. The first-order valence-corrected chi connectivity index (χ1v) is 22.9. The highest BCUT2D eigenvalue weighted by molar-refractivity contribution is 5.98. The summed E-state index contributed by atoms with van der Waals surface area (Å²) in [5, 5.41) is 2.55. The SMILES string of the molecule is CC1(C)c2cc(-c3ccccc3)ccc2-c2ccc(N(c3ccc4c(c3)C(C)(C)c3cc(-c5cccc6ccccc56)ccc3-4)c3ccccc3-c3ccc(-c4ccccc4)cc3)cc21. The van der Waals surface area contributed by atoms with Crippen molar-refractivity contribution in [2.24, 2.45) is 0 Å². The highest BCUT2D eigenvalue weighted by Crippen LogP contribution is 2.55. The van der Waals surface area contributed by atoms with E-state index in [0.29, 0.717) is 0 Å². The van der Waals surface area contributed by atoms with Gasteiger partial charge < -0.3 is 4.90 Å². The zero-order chi connectivity index (χ0) is 43.9. The van der Waals surface area contributed by atoms with Crippen molar-refractivity contribution in [2.45, 2.75) is 38.5 Å². The number of hydrogen-bond donors (Lipinski definition) is 0. The van der Waals surface area contributed by atoms with Gasteiger partial charge in [-0.25, -0.2) is 0 Å². The molecule has 0 aliphatic heterocycles. The lowest BCUT2D eigenvalue weighted by Gasteiger charge is -2.31. The molecule has 0 amide bonds. The second kappa shape index (κ2) is 14.9. The summed E-state index contributed by atoms with van der Waals surface area (Å²) in [6.07, 6.45) is 0. The number of rotatable bonds is 7. The molecule has 310 valence electrons. The summed E-state index contributed by atoms with van der Waals surface area (Å²) in [4.78, 5) is 2.51. The summed E-state index contributed by atoms with van der Waals surface area (Å²) in [5.41, 5.74) is 23.5. The van der Waals surface area contributed by atoms with Crippen molar-refractivity contribution in [3.05, 3.63) is 247 Å². The van der Waals surface area contributed by atoms with Crippen molar-refractivity contribution < 1.29 is 0 Å². The summed E-state index contributed by atoms with van der Waals surface area (Å²) < 4.78 is 0. The van der Waals surface area contributed by atoms with E-state index in [1.54, 1.807) is 0 Å². The van der Waals surface area contributed by atoms with Gasteiger partial charge in [-0.15, -0.1) is 0 Å². The molecule has 0 unspecified atom stereocenters. The Morgan fingerprint density at radius 2 is 0.692 bits per heavy atom. The van der Waals surface area contributed by atoms with E-state index in [1.807, 2.05) is 0 Å². The maximum atomic E-state index is 2.51. The topological polar surface area (TPSA) is 3.24 Å². The van der Waals surface area contributed by atoms with E-state index in [1.165, 1.54) is 99.8 Å². The Bertz CT molecular complexity index is 3460. The van der Waals surface area contributed by atoms with Gasteiger partial charge in [0.25, 0.3) is 0 Å². The normalized spacial score (nSPS) is 13.8. The highest BCUT2D eigenvalue weighted by Gasteiger charge is 2.38. The third kappa shape index (κ3) is 6.29. The summed E-state index contributed by atoms with van der Waals surface area (Å²) in [5.74, 6) is 0. The molecule has 0 bridgehead atoms. The molecule has 10 aromatic rings. The van der Waals surface area contributed by atoms with Crippen LogP contribution in [0.2, 0.25) is 0 Å². The van der Waals surface area contributed by atoms with Crippen molar-refractivity contribution in [1.29, 1.82) is 0 Å². The first-order chi connectivity index (χ1) is 31.7. The monoisotopic (exact) mass is 831 g/mol. The Morgan fingerprint density at radius 1 is 0.277 bits per heavy atom. The number of fused-ring (bicyclic) bond motifs is 7.